The molecular formula is C18H23N3O. The first kappa shape index (κ1) is 16.2. The highest BCUT2D eigenvalue weighted by molar-refractivity contribution is 5.92. The average Bonchev–Trinajstić information content (AvgIpc) is 2.45. The molecule has 0 aliphatic rings. The van der Waals surface area contributed by atoms with Crippen LogP contribution in [0.15, 0.2) is 42.7 Å². The van der Waals surface area contributed by atoms with Crippen LogP contribution in [-0.4, -0.2) is 35.9 Å². The first-order chi connectivity index (χ1) is 10.5. The van der Waals surface area contributed by atoms with Gasteiger partial charge in [-0.15, -0.1) is 0 Å². The van der Waals surface area contributed by atoms with Gasteiger partial charge >= 0.3 is 0 Å². The van der Waals surface area contributed by atoms with Crippen molar-refractivity contribution in [3.63, 3.8) is 0 Å². The fourth-order valence-corrected chi connectivity index (χ4v) is 2.44. The number of benzene rings is 1. The standard InChI is InChI=1S/C18H23N3O/c1-14-10-15(2)12-17(11-14)20-18(22)13-21(3)9-6-16-4-7-19-8-5-16/h4-5,7-8,10-12H,6,9,13H2,1-3H3,(H,20,22). The first-order valence-corrected chi connectivity index (χ1v) is 7.48. The minimum absolute atomic E-state index is 0.0160. The second-order valence-electron chi connectivity index (χ2n) is 5.77. The maximum Gasteiger partial charge on any atom is 0.238 e. The Balaban J connectivity index is 1.81. The van der Waals surface area contributed by atoms with Gasteiger partial charge in [0.15, 0.2) is 0 Å². The van der Waals surface area contributed by atoms with Gasteiger partial charge in [-0.3, -0.25) is 14.7 Å². The molecule has 0 radical (unpaired) electrons. The van der Waals surface area contributed by atoms with E-state index in [1.807, 2.05) is 50.1 Å². The number of likely N-dealkylation sites (N-methyl/N-ethyl adjacent to an activating group) is 1. The predicted octanol–water partition coefficient (Wildman–Crippen LogP) is 2.81. The molecule has 2 rings (SSSR count). The van der Waals surface area contributed by atoms with E-state index in [9.17, 15) is 4.79 Å². The summed E-state index contributed by atoms with van der Waals surface area (Å²) in [6, 6.07) is 10.1. The molecule has 2 aromatic rings. The molecule has 1 heterocycles. The molecule has 4 heteroatoms. The molecule has 1 N–H and O–H groups in total. The minimum atomic E-state index is 0.0160. The third-order valence-electron chi connectivity index (χ3n) is 3.45. The predicted molar refractivity (Wildman–Crippen MR) is 90.0 cm³/mol. The Morgan fingerprint density at radius 3 is 2.41 bits per heavy atom. The first-order valence-electron chi connectivity index (χ1n) is 7.48. The monoisotopic (exact) mass is 297 g/mol. The van der Waals surface area contributed by atoms with Gasteiger partial charge in [0.25, 0.3) is 0 Å². The van der Waals surface area contributed by atoms with Gasteiger partial charge < -0.3 is 5.32 Å². The normalized spacial score (nSPS) is 10.7. The summed E-state index contributed by atoms with van der Waals surface area (Å²) >= 11 is 0. The van der Waals surface area contributed by atoms with Gasteiger partial charge in [-0.2, -0.15) is 0 Å². The molecule has 22 heavy (non-hydrogen) atoms. The van der Waals surface area contributed by atoms with Gasteiger partial charge in [0.1, 0.15) is 0 Å². The summed E-state index contributed by atoms with van der Waals surface area (Å²) in [5.74, 6) is 0.0160. The molecule has 0 saturated heterocycles. The number of rotatable bonds is 6. The number of hydrogen-bond acceptors (Lipinski definition) is 3. The zero-order valence-electron chi connectivity index (χ0n) is 13.5. The van der Waals surface area contributed by atoms with E-state index in [-0.39, 0.29) is 5.91 Å². The molecule has 1 aromatic carbocycles. The molecule has 0 atom stereocenters. The van der Waals surface area contributed by atoms with Crippen LogP contribution in [0.1, 0.15) is 16.7 Å². The fraction of sp³-hybridized carbons (Fsp3) is 0.333. The van der Waals surface area contributed by atoms with E-state index < -0.39 is 0 Å². The number of nitrogens with one attached hydrogen (secondary N) is 1. The van der Waals surface area contributed by atoms with Crippen molar-refractivity contribution >= 4 is 11.6 Å². The van der Waals surface area contributed by atoms with Crippen LogP contribution >= 0.6 is 0 Å². The van der Waals surface area contributed by atoms with Crippen molar-refractivity contribution in [3.05, 3.63) is 59.4 Å². The summed E-state index contributed by atoms with van der Waals surface area (Å²) in [7, 11) is 1.96. The molecule has 4 nitrogen and oxygen atoms in total. The zero-order chi connectivity index (χ0) is 15.9. The number of nitrogens with zero attached hydrogens (tertiary/aromatic N) is 2. The highest BCUT2D eigenvalue weighted by Crippen LogP contribution is 2.13. The second kappa shape index (κ2) is 7.71. The minimum Gasteiger partial charge on any atom is -0.325 e. The summed E-state index contributed by atoms with van der Waals surface area (Å²) in [5.41, 5.74) is 4.41. The van der Waals surface area contributed by atoms with Crippen LogP contribution in [0.25, 0.3) is 0 Å². The number of carbonyl (C=O) groups excluding carboxylic acids is 1. The molecule has 0 spiro atoms. The number of amides is 1. The van der Waals surface area contributed by atoms with Crippen LogP contribution in [-0.2, 0) is 11.2 Å². The number of aromatic nitrogens is 1. The van der Waals surface area contributed by atoms with Crippen molar-refractivity contribution < 1.29 is 4.79 Å². The number of pyridine rings is 1. The molecule has 1 amide bonds. The maximum absolute atomic E-state index is 12.1. The van der Waals surface area contributed by atoms with Crippen LogP contribution < -0.4 is 5.32 Å². The Bertz CT molecular complexity index is 605. The molecule has 1 aromatic heterocycles. The molecule has 0 aliphatic carbocycles. The van der Waals surface area contributed by atoms with E-state index in [2.05, 4.69) is 16.4 Å². The molecule has 0 bridgehead atoms. The molecule has 0 unspecified atom stereocenters. The fourth-order valence-electron chi connectivity index (χ4n) is 2.44. The van der Waals surface area contributed by atoms with E-state index in [4.69, 9.17) is 0 Å². The Morgan fingerprint density at radius 1 is 1.14 bits per heavy atom. The smallest absolute Gasteiger partial charge is 0.238 e. The SMILES string of the molecule is Cc1cc(C)cc(NC(=O)CN(C)CCc2ccncc2)c1. The quantitative estimate of drug-likeness (QED) is 0.892. The van der Waals surface area contributed by atoms with E-state index in [1.165, 1.54) is 5.56 Å². The van der Waals surface area contributed by atoms with Gasteiger partial charge in [0.2, 0.25) is 5.91 Å². The van der Waals surface area contributed by atoms with Crippen molar-refractivity contribution in [2.75, 3.05) is 25.5 Å². The van der Waals surface area contributed by atoms with Crippen molar-refractivity contribution in [1.29, 1.82) is 0 Å². The molecule has 0 saturated carbocycles. The molecule has 0 fully saturated rings. The Kier molecular flexibility index (Phi) is 5.67. The van der Waals surface area contributed by atoms with Crippen LogP contribution in [0.3, 0.4) is 0 Å². The highest BCUT2D eigenvalue weighted by atomic mass is 16.2. The largest absolute Gasteiger partial charge is 0.325 e. The Morgan fingerprint density at radius 2 is 1.77 bits per heavy atom. The van der Waals surface area contributed by atoms with Crippen LogP contribution in [0.5, 0.6) is 0 Å². The number of carbonyl (C=O) groups is 1. The maximum atomic E-state index is 12.1. The van der Waals surface area contributed by atoms with E-state index >= 15 is 0 Å². The van der Waals surface area contributed by atoms with Crippen LogP contribution in [0.2, 0.25) is 0 Å². The lowest BCUT2D eigenvalue weighted by molar-refractivity contribution is -0.117. The van der Waals surface area contributed by atoms with Crippen molar-refractivity contribution in [2.45, 2.75) is 20.3 Å². The summed E-state index contributed by atoms with van der Waals surface area (Å²) in [6.45, 7) is 5.29. The van der Waals surface area contributed by atoms with Gasteiger partial charge in [0.05, 0.1) is 6.54 Å². The Hall–Kier alpha value is -2.20. The lowest BCUT2D eigenvalue weighted by Crippen LogP contribution is -2.31. The van der Waals surface area contributed by atoms with E-state index in [0.717, 1.165) is 29.8 Å². The van der Waals surface area contributed by atoms with Gasteiger partial charge in [-0.25, -0.2) is 0 Å². The van der Waals surface area contributed by atoms with Gasteiger partial charge in [0, 0.05) is 24.6 Å². The Labute approximate surface area is 132 Å². The van der Waals surface area contributed by atoms with E-state index in [0.29, 0.717) is 6.54 Å². The van der Waals surface area contributed by atoms with Crippen molar-refractivity contribution in [1.82, 2.24) is 9.88 Å². The number of hydrogen-bond donors (Lipinski definition) is 1. The molecule has 0 aliphatic heterocycles. The van der Waals surface area contributed by atoms with Gasteiger partial charge in [-0.05, 0) is 68.3 Å². The lowest BCUT2D eigenvalue weighted by Gasteiger charge is -2.16. The van der Waals surface area contributed by atoms with Crippen molar-refractivity contribution in [3.8, 4) is 0 Å². The van der Waals surface area contributed by atoms with Gasteiger partial charge in [-0.1, -0.05) is 6.07 Å². The number of anilines is 1. The lowest BCUT2D eigenvalue weighted by atomic mass is 10.1. The second-order valence-corrected chi connectivity index (χ2v) is 5.77. The average molecular weight is 297 g/mol. The summed E-state index contributed by atoms with van der Waals surface area (Å²) in [5, 5.41) is 2.96. The highest BCUT2D eigenvalue weighted by Gasteiger charge is 2.07. The summed E-state index contributed by atoms with van der Waals surface area (Å²) in [6.07, 6.45) is 4.50. The summed E-state index contributed by atoms with van der Waals surface area (Å²) < 4.78 is 0. The van der Waals surface area contributed by atoms with Crippen LogP contribution in [0.4, 0.5) is 5.69 Å². The molecule has 116 valence electrons. The third kappa shape index (κ3) is 5.30. The summed E-state index contributed by atoms with van der Waals surface area (Å²) in [4.78, 5) is 18.1. The zero-order valence-corrected chi connectivity index (χ0v) is 13.5. The number of aryl methyl sites for hydroxylation is 2. The van der Waals surface area contributed by atoms with Crippen molar-refractivity contribution in [2.24, 2.45) is 0 Å². The van der Waals surface area contributed by atoms with E-state index in [1.54, 1.807) is 12.4 Å². The topological polar surface area (TPSA) is 45.2 Å². The van der Waals surface area contributed by atoms with Crippen LogP contribution in [0, 0.1) is 13.8 Å². The molecular weight excluding hydrogens is 274 g/mol. The third-order valence-corrected chi connectivity index (χ3v) is 3.45.